The molecule has 0 saturated carbocycles. The summed E-state index contributed by atoms with van der Waals surface area (Å²) in [6.07, 6.45) is 4.68. The van der Waals surface area contributed by atoms with Gasteiger partial charge in [-0.1, -0.05) is 12.8 Å². The van der Waals surface area contributed by atoms with Crippen molar-refractivity contribution in [2.75, 3.05) is 36.0 Å². The van der Waals surface area contributed by atoms with Crippen molar-refractivity contribution < 1.29 is 0 Å². The van der Waals surface area contributed by atoms with E-state index < -0.39 is 0 Å². The SMILES string of the molecule is CC#CCn1c(N2CCCC(C)C2)nc2nc(N3CCCC3)n(C)c(=O)c21. The fourth-order valence-electron chi connectivity index (χ4n) is 4.26. The van der Waals surface area contributed by atoms with Gasteiger partial charge < -0.3 is 9.80 Å². The van der Waals surface area contributed by atoms with E-state index in [1.165, 1.54) is 6.42 Å². The maximum atomic E-state index is 13.2. The molecule has 4 rings (SSSR count). The monoisotopic (exact) mass is 368 g/mol. The van der Waals surface area contributed by atoms with Crippen LogP contribution in [0.15, 0.2) is 4.79 Å². The molecule has 7 heteroatoms. The number of nitrogens with zero attached hydrogens (tertiary/aromatic N) is 6. The predicted molar refractivity (Wildman–Crippen MR) is 108 cm³/mol. The van der Waals surface area contributed by atoms with Gasteiger partial charge in [0.25, 0.3) is 5.56 Å². The molecule has 0 spiro atoms. The minimum absolute atomic E-state index is 0.0383. The number of piperidine rings is 1. The van der Waals surface area contributed by atoms with Crippen molar-refractivity contribution in [3.05, 3.63) is 10.4 Å². The van der Waals surface area contributed by atoms with Gasteiger partial charge in [-0.2, -0.15) is 9.97 Å². The smallest absolute Gasteiger partial charge is 0.281 e. The van der Waals surface area contributed by atoms with Crippen LogP contribution in [0.3, 0.4) is 0 Å². The van der Waals surface area contributed by atoms with Crippen molar-refractivity contribution in [2.24, 2.45) is 13.0 Å². The summed E-state index contributed by atoms with van der Waals surface area (Å²) in [5, 5.41) is 0. The molecule has 2 aromatic rings. The Bertz CT molecular complexity index is 957. The molecule has 2 saturated heterocycles. The molecule has 27 heavy (non-hydrogen) atoms. The predicted octanol–water partition coefficient (Wildman–Crippen LogP) is 1.99. The van der Waals surface area contributed by atoms with E-state index in [0.29, 0.717) is 23.6 Å². The van der Waals surface area contributed by atoms with Crippen LogP contribution >= 0.6 is 0 Å². The molecule has 144 valence electrons. The number of imidazole rings is 1. The highest BCUT2D eigenvalue weighted by atomic mass is 16.1. The molecular formula is C20H28N6O. The maximum Gasteiger partial charge on any atom is 0.281 e. The molecule has 2 aliphatic heterocycles. The number of aromatic nitrogens is 4. The van der Waals surface area contributed by atoms with Gasteiger partial charge in [0.15, 0.2) is 11.2 Å². The molecule has 7 nitrogen and oxygen atoms in total. The molecular weight excluding hydrogens is 340 g/mol. The Balaban J connectivity index is 1.88. The number of hydrogen-bond acceptors (Lipinski definition) is 5. The van der Waals surface area contributed by atoms with E-state index in [1.54, 1.807) is 4.57 Å². The van der Waals surface area contributed by atoms with Crippen LogP contribution in [0.2, 0.25) is 0 Å². The third kappa shape index (κ3) is 3.18. The Morgan fingerprint density at radius 3 is 2.48 bits per heavy atom. The lowest BCUT2D eigenvalue weighted by molar-refractivity contribution is 0.439. The molecule has 4 heterocycles. The lowest BCUT2D eigenvalue weighted by Crippen LogP contribution is -2.36. The zero-order valence-electron chi connectivity index (χ0n) is 16.5. The molecule has 0 aliphatic carbocycles. The first kappa shape index (κ1) is 17.9. The summed E-state index contributed by atoms with van der Waals surface area (Å²) in [6, 6.07) is 0. The van der Waals surface area contributed by atoms with Crippen molar-refractivity contribution in [1.82, 2.24) is 19.1 Å². The molecule has 1 atom stereocenters. The second-order valence-electron chi connectivity index (χ2n) is 7.76. The molecule has 2 aliphatic rings. The van der Waals surface area contributed by atoms with Crippen LogP contribution in [-0.2, 0) is 13.6 Å². The average molecular weight is 368 g/mol. The maximum absolute atomic E-state index is 13.2. The first-order chi connectivity index (χ1) is 13.1. The van der Waals surface area contributed by atoms with Crippen molar-refractivity contribution in [3.63, 3.8) is 0 Å². The molecule has 0 bridgehead atoms. The van der Waals surface area contributed by atoms with Crippen LogP contribution in [0.4, 0.5) is 11.9 Å². The van der Waals surface area contributed by atoms with Gasteiger partial charge in [-0.3, -0.25) is 13.9 Å². The van der Waals surface area contributed by atoms with E-state index in [1.807, 2.05) is 18.5 Å². The van der Waals surface area contributed by atoms with Crippen LogP contribution < -0.4 is 15.4 Å². The molecule has 0 N–H and O–H groups in total. The molecule has 1 unspecified atom stereocenters. The van der Waals surface area contributed by atoms with E-state index in [-0.39, 0.29) is 5.56 Å². The molecule has 2 fully saturated rings. The second-order valence-corrected chi connectivity index (χ2v) is 7.76. The summed E-state index contributed by atoms with van der Waals surface area (Å²) < 4.78 is 3.64. The summed E-state index contributed by atoms with van der Waals surface area (Å²) in [5.74, 6) is 8.25. The van der Waals surface area contributed by atoms with Gasteiger partial charge in [-0.15, -0.1) is 5.92 Å². The van der Waals surface area contributed by atoms with Crippen LogP contribution in [0.25, 0.3) is 11.2 Å². The number of anilines is 2. The lowest BCUT2D eigenvalue weighted by Gasteiger charge is -2.31. The van der Waals surface area contributed by atoms with Gasteiger partial charge in [-0.05, 0) is 38.5 Å². The summed E-state index contributed by atoms with van der Waals surface area (Å²) in [6.45, 7) is 8.38. The Labute approximate surface area is 160 Å². The quantitative estimate of drug-likeness (QED) is 0.776. The van der Waals surface area contributed by atoms with Gasteiger partial charge >= 0.3 is 0 Å². The largest absolute Gasteiger partial charge is 0.342 e. The molecule has 0 radical (unpaired) electrons. The highest BCUT2D eigenvalue weighted by Gasteiger charge is 2.26. The Kier molecular flexibility index (Phi) is 4.81. The standard InChI is InChI=1S/C20H28N6O/c1-4-5-13-26-16-17(22-20(26)25-12-8-9-15(2)14-25)21-19(23(3)18(16)27)24-10-6-7-11-24/h15H,6-14H2,1-3H3. The first-order valence-corrected chi connectivity index (χ1v) is 9.97. The van der Waals surface area contributed by atoms with E-state index >= 15 is 0 Å². The number of hydrogen-bond donors (Lipinski definition) is 0. The number of rotatable bonds is 3. The Hall–Kier alpha value is -2.49. The van der Waals surface area contributed by atoms with Gasteiger partial charge in [0.05, 0.1) is 6.54 Å². The van der Waals surface area contributed by atoms with Gasteiger partial charge in [-0.25, -0.2) is 0 Å². The highest BCUT2D eigenvalue weighted by Crippen LogP contribution is 2.26. The van der Waals surface area contributed by atoms with E-state index in [4.69, 9.17) is 9.97 Å². The van der Waals surface area contributed by atoms with Crippen molar-refractivity contribution in [1.29, 1.82) is 0 Å². The first-order valence-electron chi connectivity index (χ1n) is 9.97. The van der Waals surface area contributed by atoms with Crippen molar-refractivity contribution >= 4 is 23.1 Å². The average Bonchev–Trinajstić information content (AvgIpc) is 3.31. The fourth-order valence-corrected chi connectivity index (χ4v) is 4.26. The van der Waals surface area contributed by atoms with Crippen LogP contribution in [0.1, 0.15) is 39.5 Å². The minimum Gasteiger partial charge on any atom is -0.342 e. The number of fused-ring (bicyclic) bond motifs is 1. The Morgan fingerprint density at radius 1 is 1.07 bits per heavy atom. The van der Waals surface area contributed by atoms with E-state index in [9.17, 15) is 4.79 Å². The second kappa shape index (κ2) is 7.26. The highest BCUT2D eigenvalue weighted by molar-refractivity contribution is 5.76. The Morgan fingerprint density at radius 2 is 1.78 bits per heavy atom. The van der Waals surface area contributed by atoms with Crippen molar-refractivity contribution in [3.8, 4) is 11.8 Å². The van der Waals surface area contributed by atoms with Crippen LogP contribution in [0, 0.1) is 17.8 Å². The van der Waals surface area contributed by atoms with Crippen molar-refractivity contribution in [2.45, 2.75) is 46.1 Å². The van der Waals surface area contributed by atoms with Gasteiger partial charge in [0.2, 0.25) is 11.9 Å². The van der Waals surface area contributed by atoms with Crippen LogP contribution in [-0.4, -0.2) is 45.3 Å². The molecule has 2 aromatic heterocycles. The fraction of sp³-hybridized carbons (Fsp3) is 0.650. The normalized spacial score (nSPS) is 20.2. The summed E-state index contributed by atoms with van der Waals surface area (Å²) >= 11 is 0. The molecule has 0 amide bonds. The lowest BCUT2D eigenvalue weighted by atomic mass is 10.0. The summed E-state index contributed by atoms with van der Waals surface area (Å²) in [7, 11) is 1.81. The zero-order chi connectivity index (χ0) is 19.0. The topological polar surface area (TPSA) is 59.2 Å². The zero-order valence-corrected chi connectivity index (χ0v) is 16.5. The summed E-state index contributed by atoms with van der Waals surface area (Å²) in [5.41, 5.74) is 1.08. The van der Waals surface area contributed by atoms with Gasteiger partial charge in [0, 0.05) is 33.2 Å². The van der Waals surface area contributed by atoms with E-state index in [0.717, 1.165) is 57.3 Å². The van der Waals surface area contributed by atoms with E-state index in [2.05, 4.69) is 28.6 Å². The third-order valence-corrected chi connectivity index (χ3v) is 5.68. The molecule has 0 aromatic carbocycles. The van der Waals surface area contributed by atoms with Gasteiger partial charge in [0.1, 0.15) is 0 Å². The van der Waals surface area contributed by atoms with Crippen LogP contribution in [0.5, 0.6) is 0 Å². The summed E-state index contributed by atoms with van der Waals surface area (Å²) in [4.78, 5) is 27.3. The third-order valence-electron chi connectivity index (χ3n) is 5.68. The minimum atomic E-state index is -0.0383.